The molecule has 4 N–H and O–H groups in total. The monoisotopic (exact) mass is 197 g/mol. The van der Waals surface area contributed by atoms with Gasteiger partial charge in [0.15, 0.2) is 11.5 Å². The molecule has 0 saturated carbocycles. The SMILES string of the molecule is NCC(O)c1ccc2c(c1O)OCO2. The Bertz CT molecular complexity index is 353. The van der Waals surface area contributed by atoms with E-state index in [1.807, 2.05) is 0 Å². The number of benzene rings is 1. The molecular weight excluding hydrogens is 186 g/mol. The van der Waals surface area contributed by atoms with Crippen molar-refractivity contribution in [3.05, 3.63) is 17.7 Å². The van der Waals surface area contributed by atoms with Gasteiger partial charge in [0.2, 0.25) is 12.5 Å². The van der Waals surface area contributed by atoms with Crippen LogP contribution >= 0.6 is 0 Å². The van der Waals surface area contributed by atoms with E-state index < -0.39 is 6.10 Å². The van der Waals surface area contributed by atoms with Crippen LogP contribution in [0, 0.1) is 0 Å². The largest absolute Gasteiger partial charge is 0.504 e. The zero-order chi connectivity index (χ0) is 10.1. The molecule has 0 fully saturated rings. The molecule has 14 heavy (non-hydrogen) atoms. The maximum Gasteiger partial charge on any atom is 0.231 e. The average Bonchev–Trinajstić information content (AvgIpc) is 2.66. The molecule has 0 saturated heterocycles. The molecule has 0 aliphatic carbocycles. The fourth-order valence-corrected chi connectivity index (χ4v) is 1.37. The lowest BCUT2D eigenvalue weighted by molar-refractivity contribution is 0.168. The highest BCUT2D eigenvalue weighted by atomic mass is 16.7. The van der Waals surface area contributed by atoms with Gasteiger partial charge in [-0.05, 0) is 12.1 Å². The molecule has 5 nitrogen and oxygen atoms in total. The van der Waals surface area contributed by atoms with Gasteiger partial charge in [-0.2, -0.15) is 0 Å². The van der Waals surface area contributed by atoms with Crippen LogP contribution in [0.4, 0.5) is 0 Å². The number of aromatic hydroxyl groups is 1. The zero-order valence-corrected chi connectivity index (χ0v) is 7.43. The van der Waals surface area contributed by atoms with Gasteiger partial charge in [-0.25, -0.2) is 0 Å². The number of rotatable bonds is 2. The smallest absolute Gasteiger partial charge is 0.231 e. The van der Waals surface area contributed by atoms with E-state index in [4.69, 9.17) is 15.2 Å². The first-order chi connectivity index (χ1) is 6.74. The van der Waals surface area contributed by atoms with Gasteiger partial charge in [-0.15, -0.1) is 0 Å². The summed E-state index contributed by atoms with van der Waals surface area (Å²) < 4.78 is 10.1. The van der Waals surface area contributed by atoms with E-state index in [1.165, 1.54) is 0 Å². The summed E-state index contributed by atoms with van der Waals surface area (Å²) in [5.74, 6) is 0.656. The lowest BCUT2D eigenvalue weighted by Gasteiger charge is -2.11. The number of hydrogen-bond acceptors (Lipinski definition) is 5. The van der Waals surface area contributed by atoms with Crippen LogP contribution in [0.25, 0.3) is 0 Å². The van der Waals surface area contributed by atoms with Crippen LogP contribution in [0.5, 0.6) is 17.2 Å². The van der Waals surface area contributed by atoms with Crippen molar-refractivity contribution in [3.63, 3.8) is 0 Å². The van der Waals surface area contributed by atoms with Crippen LogP contribution < -0.4 is 15.2 Å². The molecule has 0 radical (unpaired) electrons. The summed E-state index contributed by atoms with van der Waals surface area (Å²) in [4.78, 5) is 0. The molecule has 76 valence electrons. The van der Waals surface area contributed by atoms with Crippen molar-refractivity contribution >= 4 is 0 Å². The lowest BCUT2D eigenvalue weighted by atomic mass is 10.1. The van der Waals surface area contributed by atoms with E-state index in [1.54, 1.807) is 12.1 Å². The summed E-state index contributed by atoms with van der Waals surface area (Å²) in [7, 11) is 0. The number of phenolic OH excluding ortho intramolecular Hbond substituents is 1. The summed E-state index contributed by atoms with van der Waals surface area (Å²) in [5, 5.41) is 19.2. The number of aliphatic hydroxyl groups is 1. The van der Waals surface area contributed by atoms with Gasteiger partial charge in [0.05, 0.1) is 6.10 Å². The van der Waals surface area contributed by atoms with Crippen LogP contribution in [0.3, 0.4) is 0 Å². The highest BCUT2D eigenvalue weighted by Gasteiger charge is 2.22. The van der Waals surface area contributed by atoms with E-state index in [-0.39, 0.29) is 24.8 Å². The Morgan fingerprint density at radius 3 is 2.93 bits per heavy atom. The maximum absolute atomic E-state index is 9.69. The van der Waals surface area contributed by atoms with Crippen molar-refractivity contribution in [2.24, 2.45) is 5.73 Å². The maximum atomic E-state index is 9.69. The number of fused-ring (bicyclic) bond motifs is 1. The first-order valence-corrected chi connectivity index (χ1v) is 4.23. The molecule has 0 spiro atoms. The van der Waals surface area contributed by atoms with E-state index in [9.17, 15) is 10.2 Å². The Kier molecular flexibility index (Phi) is 2.18. The predicted molar refractivity (Wildman–Crippen MR) is 48.2 cm³/mol. The fourth-order valence-electron chi connectivity index (χ4n) is 1.37. The second-order valence-electron chi connectivity index (χ2n) is 2.99. The summed E-state index contributed by atoms with van der Waals surface area (Å²) in [6.07, 6.45) is -0.885. The Morgan fingerprint density at radius 1 is 1.43 bits per heavy atom. The quantitative estimate of drug-likeness (QED) is 0.626. The van der Waals surface area contributed by atoms with E-state index in [0.717, 1.165) is 0 Å². The van der Waals surface area contributed by atoms with Crippen LogP contribution in [0.2, 0.25) is 0 Å². The van der Waals surface area contributed by atoms with Crippen LogP contribution in [-0.4, -0.2) is 23.6 Å². The molecule has 1 unspecified atom stereocenters. The highest BCUT2D eigenvalue weighted by Crippen LogP contribution is 2.43. The molecule has 1 aromatic rings. The van der Waals surface area contributed by atoms with Gasteiger partial charge in [-0.3, -0.25) is 0 Å². The van der Waals surface area contributed by atoms with Crippen molar-refractivity contribution in [2.75, 3.05) is 13.3 Å². The molecule has 1 aromatic carbocycles. The van der Waals surface area contributed by atoms with Crippen LogP contribution in [0.15, 0.2) is 12.1 Å². The van der Waals surface area contributed by atoms with Gasteiger partial charge in [-0.1, -0.05) is 0 Å². The first kappa shape index (κ1) is 9.11. The van der Waals surface area contributed by atoms with E-state index in [2.05, 4.69) is 0 Å². The molecule has 1 heterocycles. The topological polar surface area (TPSA) is 84.9 Å². The van der Waals surface area contributed by atoms with Crippen LogP contribution in [-0.2, 0) is 0 Å². The second-order valence-corrected chi connectivity index (χ2v) is 2.99. The minimum absolute atomic E-state index is 0.0488. The van der Waals surface area contributed by atoms with Crippen molar-refractivity contribution < 1.29 is 19.7 Å². The Hall–Kier alpha value is -1.46. The molecule has 5 heteroatoms. The third kappa shape index (κ3) is 1.26. The first-order valence-electron chi connectivity index (χ1n) is 4.23. The van der Waals surface area contributed by atoms with Gasteiger partial charge in [0, 0.05) is 12.1 Å². The number of nitrogens with two attached hydrogens (primary N) is 1. The highest BCUT2D eigenvalue weighted by molar-refractivity contribution is 5.56. The van der Waals surface area contributed by atoms with Crippen molar-refractivity contribution in [2.45, 2.75) is 6.10 Å². The summed E-state index contributed by atoms with van der Waals surface area (Å²) in [6, 6.07) is 3.20. The Labute approximate surface area is 80.7 Å². The second kappa shape index (κ2) is 3.36. The zero-order valence-electron chi connectivity index (χ0n) is 7.43. The van der Waals surface area contributed by atoms with Crippen molar-refractivity contribution in [3.8, 4) is 17.2 Å². The minimum atomic E-state index is -0.885. The number of ether oxygens (including phenoxy) is 2. The number of hydrogen-bond donors (Lipinski definition) is 3. The third-order valence-corrected chi connectivity index (χ3v) is 2.13. The Morgan fingerprint density at radius 2 is 2.21 bits per heavy atom. The van der Waals surface area contributed by atoms with Gasteiger partial charge < -0.3 is 25.4 Å². The van der Waals surface area contributed by atoms with Gasteiger partial charge >= 0.3 is 0 Å². The number of phenols is 1. The summed E-state index contributed by atoms with van der Waals surface area (Å²) in [5.41, 5.74) is 5.64. The van der Waals surface area contributed by atoms with Gasteiger partial charge in [0.1, 0.15) is 0 Å². The third-order valence-electron chi connectivity index (χ3n) is 2.13. The molecule has 0 bridgehead atoms. The fraction of sp³-hybridized carbons (Fsp3) is 0.333. The minimum Gasteiger partial charge on any atom is -0.504 e. The normalized spacial score (nSPS) is 15.6. The average molecular weight is 197 g/mol. The van der Waals surface area contributed by atoms with E-state index in [0.29, 0.717) is 11.3 Å². The molecule has 2 rings (SSSR count). The van der Waals surface area contributed by atoms with Crippen molar-refractivity contribution in [1.82, 2.24) is 0 Å². The lowest BCUT2D eigenvalue weighted by Crippen LogP contribution is -2.11. The van der Waals surface area contributed by atoms with Crippen LogP contribution in [0.1, 0.15) is 11.7 Å². The molecule has 1 aliphatic rings. The Balaban J connectivity index is 2.44. The molecule has 1 atom stereocenters. The predicted octanol–water partition coefficient (Wildman–Crippen LogP) is 0.113. The van der Waals surface area contributed by atoms with E-state index >= 15 is 0 Å². The molecular formula is C9H11NO4. The number of aliphatic hydroxyl groups excluding tert-OH is 1. The molecule has 1 aliphatic heterocycles. The summed E-state index contributed by atoms with van der Waals surface area (Å²) >= 11 is 0. The molecule has 0 amide bonds. The molecule has 0 aromatic heterocycles. The standard InChI is InChI=1S/C9H11NO4/c10-3-6(11)5-1-2-7-9(8(5)12)14-4-13-7/h1-2,6,11-12H,3-4,10H2. The summed E-state index contributed by atoms with van der Waals surface area (Å²) in [6.45, 7) is 0.137. The van der Waals surface area contributed by atoms with Crippen molar-refractivity contribution in [1.29, 1.82) is 0 Å². The van der Waals surface area contributed by atoms with Gasteiger partial charge in [0.25, 0.3) is 0 Å².